The van der Waals surface area contributed by atoms with Crippen LogP contribution in [0.1, 0.15) is 37.9 Å². The van der Waals surface area contributed by atoms with Gasteiger partial charge in [-0.2, -0.15) is 0 Å². The van der Waals surface area contributed by atoms with Crippen molar-refractivity contribution in [2.24, 2.45) is 5.92 Å². The first-order valence-corrected chi connectivity index (χ1v) is 7.84. The molecule has 0 spiro atoms. The summed E-state index contributed by atoms with van der Waals surface area (Å²) < 4.78 is 11.5. The van der Waals surface area contributed by atoms with Crippen LogP contribution in [0.5, 0.6) is 0 Å². The standard InChI is InChI=1S/C17H23NO3/c1-12-7-8-15(21-12)17(19)18-11-14-9-10-20-16(14)13-5-3-2-4-6-13/h2-6,12,14-16H,7-11H2,1H3,(H,18,19)/t12?,14-,15?,16-/m1/s1. The van der Waals surface area contributed by atoms with E-state index in [1.54, 1.807) is 0 Å². The summed E-state index contributed by atoms with van der Waals surface area (Å²) in [7, 11) is 0. The summed E-state index contributed by atoms with van der Waals surface area (Å²) in [5.74, 6) is 0.369. The van der Waals surface area contributed by atoms with Gasteiger partial charge in [0.1, 0.15) is 6.10 Å². The van der Waals surface area contributed by atoms with Crippen molar-refractivity contribution < 1.29 is 14.3 Å². The van der Waals surface area contributed by atoms with Crippen molar-refractivity contribution in [3.05, 3.63) is 35.9 Å². The van der Waals surface area contributed by atoms with Crippen LogP contribution in [0.15, 0.2) is 30.3 Å². The van der Waals surface area contributed by atoms with Crippen molar-refractivity contribution in [3.8, 4) is 0 Å². The normalized spacial score (nSPS) is 32.2. The van der Waals surface area contributed by atoms with Gasteiger partial charge in [-0.1, -0.05) is 30.3 Å². The Morgan fingerprint density at radius 3 is 2.76 bits per heavy atom. The van der Waals surface area contributed by atoms with Gasteiger partial charge in [0, 0.05) is 19.1 Å². The molecule has 2 heterocycles. The number of amides is 1. The Labute approximate surface area is 125 Å². The second kappa shape index (κ2) is 6.58. The van der Waals surface area contributed by atoms with Crippen LogP contribution >= 0.6 is 0 Å². The molecular weight excluding hydrogens is 266 g/mol. The lowest BCUT2D eigenvalue weighted by Gasteiger charge is -2.20. The van der Waals surface area contributed by atoms with Gasteiger partial charge in [-0.25, -0.2) is 0 Å². The fourth-order valence-corrected chi connectivity index (χ4v) is 3.20. The maximum atomic E-state index is 12.1. The number of ether oxygens (including phenoxy) is 2. The van der Waals surface area contributed by atoms with E-state index in [-0.39, 0.29) is 24.2 Å². The minimum absolute atomic E-state index is 0.0260. The number of hydrogen-bond donors (Lipinski definition) is 1. The van der Waals surface area contributed by atoms with Crippen molar-refractivity contribution in [2.45, 2.75) is 44.5 Å². The summed E-state index contributed by atoms with van der Waals surface area (Å²) in [6, 6.07) is 10.2. The third-order valence-electron chi connectivity index (χ3n) is 4.41. The van der Waals surface area contributed by atoms with Gasteiger partial charge in [-0.3, -0.25) is 4.79 Å². The van der Waals surface area contributed by atoms with Crippen LogP contribution in [-0.2, 0) is 14.3 Å². The van der Waals surface area contributed by atoms with Gasteiger partial charge in [0.15, 0.2) is 0 Å². The van der Waals surface area contributed by atoms with Gasteiger partial charge in [0.25, 0.3) is 0 Å². The van der Waals surface area contributed by atoms with E-state index in [1.807, 2.05) is 25.1 Å². The summed E-state index contributed by atoms with van der Waals surface area (Å²) in [6.07, 6.45) is 2.81. The molecule has 0 bridgehead atoms. The molecule has 0 saturated carbocycles. The molecule has 2 saturated heterocycles. The number of carbonyl (C=O) groups is 1. The molecule has 1 amide bonds. The zero-order valence-electron chi connectivity index (χ0n) is 12.5. The van der Waals surface area contributed by atoms with Gasteiger partial charge in [0.2, 0.25) is 5.91 Å². The Bertz CT molecular complexity index is 476. The molecule has 3 rings (SSSR count). The molecule has 4 atom stereocenters. The minimum atomic E-state index is -0.266. The zero-order chi connectivity index (χ0) is 14.7. The number of carbonyl (C=O) groups excluding carboxylic acids is 1. The van der Waals surface area contributed by atoms with Crippen LogP contribution in [-0.4, -0.2) is 31.3 Å². The Morgan fingerprint density at radius 1 is 1.24 bits per heavy atom. The molecule has 1 aromatic carbocycles. The molecule has 2 aliphatic heterocycles. The highest BCUT2D eigenvalue weighted by Gasteiger charge is 2.32. The van der Waals surface area contributed by atoms with Gasteiger partial charge < -0.3 is 14.8 Å². The van der Waals surface area contributed by atoms with E-state index < -0.39 is 0 Å². The van der Waals surface area contributed by atoms with Crippen LogP contribution in [0.25, 0.3) is 0 Å². The molecule has 0 aromatic heterocycles. The van der Waals surface area contributed by atoms with Crippen LogP contribution in [0, 0.1) is 5.92 Å². The first-order chi connectivity index (χ1) is 10.2. The van der Waals surface area contributed by atoms with E-state index in [0.717, 1.165) is 25.9 Å². The largest absolute Gasteiger partial charge is 0.373 e. The number of nitrogens with one attached hydrogen (secondary N) is 1. The molecule has 114 valence electrons. The fourth-order valence-electron chi connectivity index (χ4n) is 3.20. The highest BCUT2D eigenvalue weighted by molar-refractivity contribution is 5.81. The zero-order valence-corrected chi connectivity index (χ0v) is 12.5. The Kier molecular flexibility index (Phi) is 4.56. The Balaban J connectivity index is 1.53. The average molecular weight is 289 g/mol. The first kappa shape index (κ1) is 14.5. The van der Waals surface area contributed by atoms with Crippen LogP contribution in [0.4, 0.5) is 0 Å². The summed E-state index contributed by atoms with van der Waals surface area (Å²) in [5.41, 5.74) is 1.19. The molecule has 4 nitrogen and oxygen atoms in total. The lowest BCUT2D eigenvalue weighted by Crippen LogP contribution is -2.38. The fraction of sp³-hybridized carbons (Fsp3) is 0.588. The molecule has 4 heteroatoms. The molecule has 2 aliphatic rings. The first-order valence-electron chi connectivity index (χ1n) is 7.84. The molecule has 2 unspecified atom stereocenters. The van der Waals surface area contributed by atoms with E-state index in [1.165, 1.54) is 5.56 Å². The minimum Gasteiger partial charge on any atom is -0.373 e. The van der Waals surface area contributed by atoms with Crippen molar-refractivity contribution in [1.82, 2.24) is 5.32 Å². The Hall–Kier alpha value is -1.39. The highest BCUT2D eigenvalue weighted by Crippen LogP contribution is 2.34. The van der Waals surface area contributed by atoms with Gasteiger partial charge in [-0.05, 0) is 31.7 Å². The van der Waals surface area contributed by atoms with Gasteiger partial charge in [0.05, 0.1) is 12.2 Å². The second-order valence-corrected chi connectivity index (χ2v) is 6.01. The maximum Gasteiger partial charge on any atom is 0.249 e. The third-order valence-corrected chi connectivity index (χ3v) is 4.41. The van der Waals surface area contributed by atoms with E-state index in [4.69, 9.17) is 9.47 Å². The summed E-state index contributed by atoms with van der Waals surface area (Å²) in [4.78, 5) is 12.1. The molecule has 2 fully saturated rings. The van der Waals surface area contributed by atoms with E-state index >= 15 is 0 Å². The predicted molar refractivity (Wildman–Crippen MR) is 79.8 cm³/mol. The SMILES string of the molecule is CC1CCC(C(=O)NC[C@H]2CCO[C@@H]2c2ccccc2)O1. The van der Waals surface area contributed by atoms with Crippen molar-refractivity contribution in [3.63, 3.8) is 0 Å². The number of rotatable bonds is 4. The molecular formula is C17H23NO3. The van der Waals surface area contributed by atoms with E-state index in [0.29, 0.717) is 12.5 Å². The van der Waals surface area contributed by atoms with Crippen molar-refractivity contribution >= 4 is 5.91 Å². The van der Waals surface area contributed by atoms with Gasteiger partial charge in [-0.15, -0.1) is 0 Å². The second-order valence-electron chi connectivity index (χ2n) is 6.01. The summed E-state index contributed by atoms with van der Waals surface area (Å²) in [6.45, 7) is 3.44. The predicted octanol–water partition coefficient (Wildman–Crippen LogP) is 2.45. The van der Waals surface area contributed by atoms with Crippen LogP contribution < -0.4 is 5.32 Å². The molecule has 1 aromatic rings. The van der Waals surface area contributed by atoms with Crippen molar-refractivity contribution in [2.75, 3.05) is 13.2 Å². The quantitative estimate of drug-likeness (QED) is 0.926. The summed E-state index contributed by atoms with van der Waals surface area (Å²) in [5, 5.41) is 3.04. The lowest BCUT2D eigenvalue weighted by molar-refractivity contribution is -0.132. The lowest BCUT2D eigenvalue weighted by atomic mass is 9.95. The van der Waals surface area contributed by atoms with E-state index in [9.17, 15) is 4.79 Å². The maximum absolute atomic E-state index is 12.1. The van der Waals surface area contributed by atoms with E-state index in [2.05, 4.69) is 17.4 Å². The Morgan fingerprint density at radius 2 is 2.05 bits per heavy atom. The van der Waals surface area contributed by atoms with Crippen molar-refractivity contribution in [1.29, 1.82) is 0 Å². The van der Waals surface area contributed by atoms with Gasteiger partial charge >= 0.3 is 0 Å². The molecule has 0 aliphatic carbocycles. The number of benzene rings is 1. The third kappa shape index (κ3) is 3.44. The topological polar surface area (TPSA) is 47.6 Å². The van der Waals surface area contributed by atoms with Crippen LogP contribution in [0.3, 0.4) is 0 Å². The summed E-state index contributed by atoms with van der Waals surface area (Å²) >= 11 is 0. The molecule has 1 N–H and O–H groups in total. The monoisotopic (exact) mass is 289 g/mol. The molecule has 21 heavy (non-hydrogen) atoms. The number of hydrogen-bond acceptors (Lipinski definition) is 3. The highest BCUT2D eigenvalue weighted by atomic mass is 16.5. The molecule has 0 radical (unpaired) electrons. The average Bonchev–Trinajstić information content (AvgIpc) is 3.14. The smallest absolute Gasteiger partial charge is 0.249 e. The van der Waals surface area contributed by atoms with Crippen LogP contribution in [0.2, 0.25) is 0 Å².